The van der Waals surface area contributed by atoms with Crippen LogP contribution >= 0.6 is 0 Å². The highest BCUT2D eigenvalue weighted by Crippen LogP contribution is 2.30. The van der Waals surface area contributed by atoms with Gasteiger partial charge in [-0.3, -0.25) is 0 Å². The molecule has 0 fully saturated rings. The summed E-state index contributed by atoms with van der Waals surface area (Å²) in [7, 11) is 0. The van der Waals surface area contributed by atoms with Crippen molar-refractivity contribution >= 4 is 5.57 Å². The molecular formula is C30H34F2. The number of benzene rings is 3. The van der Waals surface area contributed by atoms with Crippen LogP contribution in [0.2, 0.25) is 0 Å². The molecule has 2 heteroatoms. The monoisotopic (exact) mass is 432 g/mol. The zero-order valence-corrected chi connectivity index (χ0v) is 19.3. The smallest absolute Gasteiger partial charge is 0.202 e. The summed E-state index contributed by atoms with van der Waals surface area (Å²) in [5.74, 6) is -2.90. The first-order valence-corrected chi connectivity index (χ1v) is 11.8. The lowest BCUT2D eigenvalue weighted by Crippen LogP contribution is -2.17. The normalized spacial score (nSPS) is 12.2. The number of allylic oxidation sites excluding steroid dienone is 2. The van der Waals surface area contributed by atoms with Gasteiger partial charge in [-0.2, -0.15) is 0 Å². The Morgan fingerprint density at radius 3 is 1.69 bits per heavy atom. The van der Waals surface area contributed by atoms with E-state index in [4.69, 9.17) is 0 Å². The van der Waals surface area contributed by atoms with Gasteiger partial charge in [0.2, 0.25) is 0 Å². The van der Waals surface area contributed by atoms with Crippen molar-refractivity contribution < 1.29 is 8.78 Å². The van der Waals surface area contributed by atoms with Crippen LogP contribution in [-0.2, 0) is 25.7 Å². The number of alkyl halides is 2. The summed E-state index contributed by atoms with van der Waals surface area (Å²) < 4.78 is 30.1. The van der Waals surface area contributed by atoms with Gasteiger partial charge in [0.1, 0.15) is 0 Å². The zero-order valence-electron chi connectivity index (χ0n) is 19.3. The molecule has 32 heavy (non-hydrogen) atoms. The topological polar surface area (TPSA) is 0 Å². The molecule has 0 heterocycles. The molecule has 0 nitrogen and oxygen atoms in total. The Morgan fingerprint density at radius 1 is 0.656 bits per heavy atom. The van der Waals surface area contributed by atoms with Crippen LogP contribution < -0.4 is 0 Å². The minimum absolute atomic E-state index is 0.281. The molecule has 0 saturated heterocycles. The quantitative estimate of drug-likeness (QED) is 0.285. The van der Waals surface area contributed by atoms with Crippen molar-refractivity contribution in [2.45, 2.75) is 64.7 Å². The Morgan fingerprint density at radius 2 is 1.16 bits per heavy atom. The lowest BCUT2D eigenvalue weighted by molar-refractivity contribution is 0.0562. The second-order valence-corrected chi connectivity index (χ2v) is 8.61. The van der Waals surface area contributed by atoms with Crippen LogP contribution in [0, 0.1) is 0 Å². The van der Waals surface area contributed by atoms with Gasteiger partial charge in [0.05, 0.1) is 0 Å². The molecule has 0 spiro atoms. The number of hydrogen-bond acceptors (Lipinski definition) is 0. The molecule has 0 aliphatic heterocycles. The van der Waals surface area contributed by atoms with E-state index in [2.05, 4.69) is 50.2 Å². The lowest BCUT2D eigenvalue weighted by atomic mass is 9.93. The fourth-order valence-electron chi connectivity index (χ4n) is 4.09. The van der Waals surface area contributed by atoms with Crippen LogP contribution in [-0.4, -0.2) is 5.92 Å². The highest BCUT2D eigenvalue weighted by atomic mass is 19.3. The van der Waals surface area contributed by atoms with Gasteiger partial charge in [0, 0.05) is 6.42 Å². The predicted octanol–water partition coefficient (Wildman–Crippen LogP) is 8.49. The summed E-state index contributed by atoms with van der Waals surface area (Å²) in [6.07, 6.45) is 6.52. The summed E-state index contributed by atoms with van der Waals surface area (Å²) in [5, 5.41) is 0. The van der Waals surface area contributed by atoms with Crippen LogP contribution in [0.25, 0.3) is 5.57 Å². The van der Waals surface area contributed by atoms with Crippen molar-refractivity contribution in [1.29, 1.82) is 0 Å². The molecule has 0 unspecified atom stereocenters. The molecule has 168 valence electrons. The Hall–Kier alpha value is -2.74. The van der Waals surface area contributed by atoms with Crippen LogP contribution in [0.3, 0.4) is 0 Å². The molecule has 0 bridgehead atoms. The van der Waals surface area contributed by atoms with E-state index in [1.54, 1.807) is 12.1 Å². The molecule has 0 atom stereocenters. The van der Waals surface area contributed by atoms with Crippen molar-refractivity contribution in [3.63, 3.8) is 0 Å². The van der Waals surface area contributed by atoms with E-state index < -0.39 is 5.92 Å². The molecular weight excluding hydrogens is 398 g/mol. The maximum atomic E-state index is 15.0. The first-order chi connectivity index (χ1) is 15.5. The van der Waals surface area contributed by atoms with Crippen molar-refractivity contribution in [2.24, 2.45) is 0 Å². The maximum Gasteiger partial charge on any atom is 0.271 e. The van der Waals surface area contributed by atoms with E-state index in [0.717, 1.165) is 37.7 Å². The Bertz CT molecular complexity index is 968. The first kappa shape index (κ1) is 23.9. The lowest BCUT2D eigenvalue weighted by Gasteiger charge is -2.17. The van der Waals surface area contributed by atoms with Gasteiger partial charge in [-0.25, -0.2) is 8.78 Å². The van der Waals surface area contributed by atoms with Crippen LogP contribution in [0.15, 0.2) is 84.9 Å². The average molecular weight is 433 g/mol. The van der Waals surface area contributed by atoms with E-state index >= 15 is 8.78 Å². The molecule has 0 amide bonds. The number of rotatable bonds is 11. The summed E-state index contributed by atoms with van der Waals surface area (Å²) in [6.45, 7) is 4.32. The van der Waals surface area contributed by atoms with Gasteiger partial charge in [-0.15, -0.1) is 0 Å². The molecule has 3 rings (SSSR count). The van der Waals surface area contributed by atoms with E-state index in [1.165, 1.54) is 22.8 Å². The van der Waals surface area contributed by atoms with E-state index in [-0.39, 0.29) is 6.42 Å². The van der Waals surface area contributed by atoms with Gasteiger partial charge in [0.25, 0.3) is 5.92 Å². The molecule has 3 aromatic rings. The van der Waals surface area contributed by atoms with Crippen molar-refractivity contribution in [3.05, 3.63) is 113 Å². The van der Waals surface area contributed by atoms with E-state index in [9.17, 15) is 0 Å². The molecule has 3 aromatic carbocycles. The van der Waals surface area contributed by atoms with E-state index in [0.29, 0.717) is 17.6 Å². The van der Waals surface area contributed by atoms with Gasteiger partial charge in [-0.05, 0) is 65.1 Å². The largest absolute Gasteiger partial charge is 0.271 e. The fourth-order valence-corrected chi connectivity index (χ4v) is 4.09. The molecule has 0 radical (unpaired) electrons. The SMILES string of the molecule is CCCc1ccc(CC/C(=C\C(F)(F)Cc2ccccc2)c2ccc(CCC)cc2)cc1. The fraction of sp³-hybridized carbons (Fsp3) is 0.333. The maximum absolute atomic E-state index is 15.0. The number of halogens is 2. The second-order valence-electron chi connectivity index (χ2n) is 8.61. The second kappa shape index (κ2) is 11.8. The number of aryl methyl sites for hydroxylation is 3. The predicted molar refractivity (Wildman–Crippen MR) is 132 cm³/mol. The third-order valence-electron chi connectivity index (χ3n) is 5.78. The summed E-state index contributed by atoms with van der Waals surface area (Å²) >= 11 is 0. The van der Waals surface area contributed by atoms with Gasteiger partial charge in [-0.1, -0.05) is 106 Å². The zero-order chi connectivity index (χ0) is 22.8. The number of hydrogen-bond donors (Lipinski definition) is 0. The van der Waals surface area contributed by atoms with Crippen molar-refractivity contribution in [1.82, 2.24) is 0 Å². The van der Waals surface area contributed by atoms with E-state index in [1.807, 2.05) is 30.3 Å². The van der Waals surface area contributed by atoms with Gasteiger partial charge >= 0.3 is 0 Å². The highest BCUT2D eigenvalue weighted by Gasteiger charge is 2.27. The molecule has 0 N–H and O–H groups in total. The third kappa shape index (κ3) is 7.44. The summed E-state index contributed by atoms with van der Waals surface area (Å²) in [5.41, 5.74) is 6.01. The average Bonchev–Trinajstić information content (AvgIpc) is 2.79. The van der Waals surface area contributed by atoms with Crippen molar-refractivity contribution in [3.8, 4) is 0 Å². The van der Waals surface area contributed by atoms with Crippen molar-refractivity contribution in [2.75, 3.05) is 0 Å². The Labute approximate surface area is 192 Å². The summed E-state index contributed by atoms with van der Waals surface area (Å²) in [6, 6.07) is 25.7. The molecule has 0 aromatic heterocycles. The Balaban J connectivity index is 1.82. The third-order valence-corrected chi connectivity index (χ3v) is 5.78. The molecule has 0 saturated carbocycles. The minimum atomic E-state index is -2.90. The van der Waals surface area contributed by atoms with Crippen LogP contribution in [0.5, 0.6) is 0 Å². The summed E-state index contributed by atoms with van der Waals surface area (Å²) in [4.78, 5) is 0. The van der Waals surface area contributed by atoms with Gasteiger partial charge < -0.3 is 0 Å². The molecule has 0 aliphatic rings. The highest BCUT2D eigenvalue weighted by molar-refractivity contribution is 5.67. The Kier molecular flexibility index (Phi) is 8.79. The standard InChI is InChI=1S/C30H34F2/c1-3-8-24-12-14-26(15-13-24)18-21-29(28-19-16-25(9-4-2)17-20-28)23-30(31,32)22-27-10-6-5-7-11-27/h5-7,10-17,19-20,23H,3-4,8-9,18,21-22H2,1-2H3/b29-23+. The first-order valence-electron chi connectivity index (χ1n) is 11.8. The molecule has 0 aliphatic carbocycles. The minimum Gasteiger partial charge on any atom is -0.202 e. The van der Waals surface area contributed by atoms with Crippen LogP contribution in [0.1, 0.15) is 60.9 Å². The van der Waals surface area contributed by atoms with Gasteiger partial charge in [0.15, 0.2) is 0 Å². The van der Waals surface area contributed by atoms with Crippen LogP contribution in [0.4, 0.5) is 8.78 Å².